The van der Waals surface area contributed by atoms with Crippen LogP contribution < -0.4 is 5.73 Å². The summed E-state index contributed by atoms with van der Waals surface area (Å²) in [5, 5.41) is 0. The van der Waals surface area contributed by atoms with Crippen molar-refractivity contribution in [1.82, 2.24) is 9.80 Å². The molecular formula is C22H29N3O. The van der Waals surface area contributed by atoms with E-state index in [9.17, 15) is 4.79 Å². The Kier molecular flexibility index (Phi) is 6.07. The molecule has 2 aromatic rings. The van der Waals surface area contributed by atoms with Crippen molar-refractivity contribution in [3.05, 3.63) is 71.8 Å². The van der Waals surface area contributed by atoms with E-state index >= 15 is 0 Å². The molecule has 1 heterocycles. The van der Waals surface area contributed by atoms with Crippen LogP contribution in [0.15, 0.2) is 60.7 Å². The average molecular weight is 351 g/mol. The molecule has 0 radical (unpaired) electrons. The first-order valence-corrected chi connectivity index (χ1v) is 9.54. The van der Waals surface area contributed by atoms with E-state index in [1.807, 2.05) is 55.1 Å². The van der Waals surface area contributed by atoms with Crippen LogP contribution in [0.1, 0.15) is 36.9 Å². The third-order valence-corrected chi connectivity index (χ3v) is 5.41. The van der Waals surface area contributed by atoms with Crippen molar-refractivity contribution in [3.63, 3.8) is 0 Å². The molecule has 1 saturated heterocycles. The number of hydrogen-bond donors (Lipinski definition) is 1. The van der Waals surface area contributed by atoms with Gasteiger partial charge in [0.2, 0.25) is 5.91 Å². The third kappa shape index (κ3) is 3.81. The minimum atomic E-state index is -0.268. The summed E-state index contributed by atoms with van der Waals surface area (Å²) in [6.45, 7) is 7.04. The normalized spacial score (nSPS) is 21.5. The van der Waals surface area contributed by atoms with Crippen LogP contribution in [0.25, 0.3) is 0 Å². The Morgan fingerprint density at radius 3 is 2.19 bits per heavy atom. The van der Waals surface area contributed by atoms with Crippen LogP contribution in [0.2, 0.25) is 0 Å². The molecule has 0 bridgehead atoms. The molecule has 0 saturated carbocycles. The summed E-state index contributed by atoms with van der Waals surface area (Å²) < 4.78 is 0. The Hall–Kier alpha value is -2.17. The zero-order valence-electron chi connectivity index (χ0n) is 15.7. The van der Waals surface area contributed by atoms with Crippen LogP contribution in [-0.2, 0) is 4.79 Å². The molecule has 2 N–H and O–H groups in total. The number of hydrogen-bond acceptors (Lipinski definition) is 3. The maximum Gasteiger partial charge on any atom is 0.244 e. The summed E-state index contributed by atoms with van der Waals surface area (Å²) in [6, 6.07) is 20.3. The van der Waals surface area contributed by atoms with Crippen molar-refractivity contribution >= 4 is 5.91 Å². The second-order valence-electron chi connectivity index (χ2n) is 6.96. The van der Waals surface area contributed by atoms with Gasteiger partial charge in [-0.15, -0.1) is 0 Å². The fraction of sp³-hybridized carbons (Fsp3) is 0.409. The molecule has 138 valence electrons. The molecule has 26 heavy (non-hydrogen) atoms. The first kappa shape index (κ1) is 18.6. The number of nitrogens with two attached hydrogens (primary N) is 1. The molecule has 3 atom stereocenters. The minimum absolute atomic E-state index is 0.0353. The van der Waals surface area contributed by atoms with Crippen LogP contribution in [0.4, 0.5) is 0 Å². The number of benzene rings is 2. The monoisotopic (exact) mass is 351 g/mol. The molecule has 0 aromatic heterocycles. The summed E-state index contributed by atoms with van der Waals surface area (Å²) in [7, 11) is 0. The number of amides is 1. The number of likely N-dealkylation sites (tertiary alicyclic amines) is 1. The molecule has 4 heteroatoms. The highest BCUT2D eigenvalue weighted by molar-refractivity contribution is 5.83. The van der Waals surface area contributed by atoms with E-state index in [1.54, 1.807) is 0 Å². The molecular weight excluding hydrogens is 322 g/mol. The van der Waals surface area contributed by atoms with Gasteiger partial charge in [0.05, 0.1) is 0 Å². The van der Waals surface area contributed by atoms with Gasteiger partial charge in [0.15, 0.2) is 0 Å². The molecule has 2 aromatic carbocycles. The number of likely N-dealkylation sites (N-methyl/N-ethyl adjacent to an activating group) is 1. The lowest BCUT2D eigenvalue weighted by atomic mass is 9.95. The Morgan fingerprint density at radius 1 is 1.04 bits per heavy atom. The average Bonchev–Trinajstić information content (AvgIpc) is 3.06. The topological polar surface area (TPSA) is 49.6 Å². The van der Waals surface area contributed by atoms with Crippen LogP contribution in [0.5, 0.6) is 0 Å². The van der Waals surface area contributed by atoms with E-state index in [2.05, 4.69) is 29.2 Å². The lowest BCUT2D eigenvalue weighted by Gasteiger charge is -2.32. The largest absolute Gasteiger partial charge is 0.342 e. The van der Waals surface area contributed by atoms with E-state index in [4.69, 9.17) is 5.73 Å². The summed E-state index contributed by atoms with van der Waals surface area (Å²) in [5.74, 6) is 0.425. The number of carbonyl (C=O) groups is 1. The van der Waals surface area contributed by atoms with Crippen LogP contribution in [0.3, 0.4) is 0 Å². The SMILES string of the molecule is CCN(CC)C(=O)C(c1ccccc1)N1C[C@@H](N)[C@H](c2ccccc2)C1. The fourth-order valence-electron chi connectivity index (χ4n) is 3.98. The number of carbonyl (C=O) groups excluding carboxylic acids is 1. The standard InChI is InChI=1S/C22H29N3O/c1-3-24(4-2)22(26)21(18-13-9-6-10-14-18)25-15-19(20(23)16-25)17-11-7-5-8-12-17/h5-14,19-21H,3-4,15-16,23H2,1-2H3/t19-,20+,21?/m0/s1. The van der Waals surface area contributed by atoms with Crippen molar-refractivity contribution < 1.29 is 4.79 Å². The van der Waals surface area contributed by atoms with Crippen molar-refractivity contribution in [1.29, 1.82) is 0 Å². The van der Waals surface area contributed by atoms with E-state index in [0.717, 1.165) is 31.7 Å². The van der Waals surface area contributed by atoms with Gasteiger partial charge in [0.1, 0.15) is 6.04 Å². The van der Waals surface area contributed by atoms with Crippen LogP contribution in [-0.4, -0.2) is 47.9 Å². The molecule has 1 fully saturated rings. The van der Waals surface area contributed by atoms with E-state index < -0.39 is 0 Å². The summed E-state index contributed by atoms with van der Waals surface area (Å²) in [5.41, 5.74) is 8.79. The first-order valence-electron chi connectivity index (χ1n) is 9.54. The van der Waals surface area contributed by atoms with Gasteiger partial charge in [-0.2, -0.15) is 0 Å². The van der Waals surface area contributed by atoms with E-state index in [0.29, 0.717) is 0 Å². The number of rotatable bonds is 6. The van der Waals surface area contributed by atoms with E-state index in [-0.39, 0.29) is 23.9 Å². The zero-order valence-corrected chi connectivity index (χ0v) is 15.7. The predicted octanol–water partition coefficient (Wildman–Crippen LogP) is 3.02. The smallest absolute Gasteiger partial charge is 0.244 e. The molecule has 4 nitrogen and oxygen atoms in total. The summed E-state index contributed by atoms with van der Waals surface area (Å²) in [6.07, 6.45) is 0. The molecule has 0 aliphatic carbocycles. The van der Waals surface area contributed by atoms with Gasteiger partial charge in [-0.25, -0.2) is 0 Å². The molecule has 0 spiro atoms. The summed E-state index contributed by atoms with van der Waals surface area (Å²) >= 11 is 0. The van der Waals surface area contributed by atoms with Gasteiger partial charge in [-0.05, 0) is 25.0 Å². The third-order valence-electron chi connectivity index (χ3n) is 5.41. The maximum atomic E-state index is 13.3. The molecule has 1 aliphatic heterocycles. The minimum Gasteiger partial charge on any atom is -0.342 e. The Bertz CT molecular complexity index is 700. The van der Waals surface area contributed by atoms with Gasteiger partial charge >= 0.3 is 0 Å². The second kappa shape index (κ2) is 8.47. The molecule has 1 amide bonds. The highest BCUT2D eigenvalue weighted by Crippen LogP contribution is 2.33. The predicted molar refractivity (Wildman–Crippen MR) is 106 cm³/mol. The van der Waals surface area contributed by atoms with Gasteiger partial charge < -0.3 is 10.6 Å². The highest BCUT2D eigenvalue weighted by atomic mass is 16.2. The maximum absolute atomic E-state index is 13.3. The van der Waals surface area contributed by atoms with Crippen molar-refractivity contribution in [2.24, 2.45) is 5.73 Å². The molecule has 1 unspecified atom stereocenters. The summed E-state index contributed by atoms with van der Waals surface area (Å²) in [4.78, 5) is 17.5. The quantitative estimate of drug-likeness (QED) is 0.870. The van der Waals surface area contributed by atoms with Crippen molar-refractivity contribution in [2.75, 3.05) is 26.2 Å². The van der Waals surface area contributed by atoms with Crippen molar-refractivity contribution in [3.8, 4) is 0 Å². The Balaban J connectivity index is 1.89. The Morgan fingerprint density at radius 2 is 1.62 bits per heavy atom. The Labute approximate surface area is 156 Å². The van der Waals surface area contributed by atoms with Crippen LogP contribution in [0, 0.1) is 0 Å². The zero-order chi connectivity index (χ0) is 18.5. The fourth-order valence-corrected chi connectivity index (χ4v) is 3.98. The highest BCUT2D eigenvalue weighted by Gasteiger charge is 2.39. The van der Waals surface area contributed by atoms with Gasteiger partial charge in [0.25, 0.3) is 0 Å². The van der Waals surface area contributed by atoms with E-state index in [1.165, 1.54) is 5.56 Å². The van der Waals surface area contributed by atoms with Gasteiger partial charge in [-0.3, -0.25) is 9.69 Å². The molecule has 3 rings (SSSR count). The van der Waals surface area contributed by atoms with Crippen molar-refractivity contribution in [2.45, 2.75) is 31.8 Å². The van der Waals surface area contributed by atoms with Gasteiger partial charge in [-0.1, -0.05) is 60.7 Å². The first-order chi connectivity index (χ1) is 12.7. The lowest BCUT2D eigenvalue weighted by Crippen LogP contribution is -2.43. The number of nitrogens with zero attached hydrogens (tertiary/aromatic N) is 2. The second-order valence-corrected chi connectivity index (χ2v) is 6.96. The van der Waals surface area contributed by atoms with Gasteiger partial charge in [0, 0.05) is 38.1 Å². The lowest BCUT2D eigenvalue weighted by molar-refractivity contribution is -0.136. The van der Waals surface area contributed by atoms with Crippen LogP contribution >= 0.6 is 0 Å². The molecule has 1 aliphatic rings.